The fourth-order valence-corrected chi connectivity index (χ4v) is 3.04. The predicted octanol–water partition coefficient (Wildman–Crippen LogP) is 2.76. The van der Waals surface area contributed by atoms with Gasteiger partial charge in [0.15, 0.2) is 0 Å². The molecule has 0 fully saturated rings. The average molecular weight is 264 g/mol. The molecule has 0 rings (SSSR count). The number of carbonyl (C=O) groups excluding carboxylic acids is 1. The van der Waals surface area contributed by atoms with Crippen LogP contribution in [0.2, 0.25) is 0 Å². The van der Waals surface area contributed by atoms with Gasteiger partial charge in [0, 0.05) is 6.08 Å². The van der Waals surface area contributed by atoms with Crippen molar-refractivity contribution in [2.75, 3.05) is 19.4 Å². The van der Waals surface area contributed by atoms with Gasteiger partial charge in [-0.05, 0) is 27.7 Å². The summed E-state index contributed by atoms with van der Waals surface area (Å²) in [4.78, 5) is 11.2. The van der Waals surface area contributed by atoms with Gasteiger partial charge in [-0.15, -0.1) is 0 Å². The molecule has 0 radical (unpaired) electrons. The van der Waals surface area contributed by atoms with E-state index in [0.717, 1.165) is 0 Å². The molecule has 0 aromatic carbocycles. The zero-order chi connectivity index (χ0) is 13.3. The SMILES string of the molecule is CC=CC(=O)OC(C)CP(=O)(OCC)OCC. The minimum Gasteiger partial charge on any atom is -0.459 e. The number of rotatable bonds is 8. The van der Waals surface area contributed by atoms with Gasteiger partial charge >= 0.3 is 13.6 Å². The molecule has 1 atom stereocenters. The first-order valence-electron chi connectivity index (χ1n) is 5.68. The molecule has 0 aromatic rings. The van der Waals surface area contributed by atoms with Crippen LogP contribution in [0, 0.1) is 0 Å². The van der Waals surface area contributed by atoms with Gasteiger partial charge < -0.3 is 13.8 Å². The van der Waals surface area contributed by atoms with Crippen LogP contribution in [-0.4, -0.2) is 31.4 Å². The molecule has 100 valence electrons. The van der Waals surface area contributed by atoms with Gasteiger partial charge in [-0.2, -0.15) is 0 Å². The highest BCUT2D eigenvalue weighted by atomic mass is 31.2. The number of hydrogen-bond donors (Lipinski definition) is 0. The summed E-state index contributed by atoms with van der Waals surface area (Å²) in [7, 11) is -3.15. The third-order valence-corrected chi connectivity index (χ3v) is 4.02. The van der Waals surface area contributed by atoms with Crippen LogP contribution in [0.3, 0.4) is 0 Å². The van der Waals surface area contributed by atoms with Crippen LogP contribution in [0.15, 0.2) is 12.2 Å². The van der Waals surface area contributed by atoms with E-state index in [0.29, 0.717) is 13.2 Å². The topological polar surface area (TPSA) is 61.8 Å². The Morgan fingerprint density at radius 1 is 1.29 bits per heavy atom. The molecule has 0 saturated carbocycles. The Bertz CT molecular complexity index is 290. The minimum atomic E-state index is -3.15. The molecule has 0 aliphatic heterocycles. The molecule has 0 aromatic heterocycles. The minimum absolute atomic E-state index is 0.0674. The van der Waals surface area contributed by atoms with E-state index in [4.69, 9.17) is 13.8 Å². The van der Waals surface area contributed by atoms with Crippen LogP contribution in [0.4, 0.5) is 0 Å². The number of allylic oxidation sites excluding steroid dienone is 1. The van der Waals surface area contributed by atoms with Crippen LogP contribution in [0.1, 0.15) is 27.7 Å². The van der Waals surface area contributed by atoms with Crippen molar-refractivity contribution in [1.29, 1.82) is 0 Å². The molecule has 0 saturated heterocycles. The Morgan fingerprint density at radius 2 is 1.82 bits per heavy atom. The van der Waals surface area contributed by atoms with Crippen LogP contribution in [0.25, 0.3) is 0 Å². The summed E-state index contributed by atoms with van der Waals surface area (Å²) in [5.41, 5.74) is 0. The zero-order valence-corrected chi connectivity index (χ0v) is 11.7. The normalized spacial score (nSPS) is 13.9. The zero-order valence-electron chi connectivity index (χ0n) is 10.8. The quantitative estimate of drug-likeness (QED) is 0.383. The monoisotopic (exact) mass is 264 g/mol. The van der Waals surface area contributed by atoms with Crippen molar-refractivity contribution in [3.05, 3.63) is 12.2 Å². The number of carbonyl (C=O) groups is 1. The molecule has 0 bridgehead atoms. The summed E-state index contributed by atoms with van der Waals surface area (Å²) in [6.45, 7) is 7.45. The summed E-state index contributed by atoms with van der Waals surface area (Å²) in [6.07, 6.45) is 2.45. The van der Waals surface area contributed by atoms with Crippen LogP contribution in [-0.2, 0) is 23.1 Å². The average Bonchev–Trinajstić information content (AvgIpc) is 2.17. The van der Waals surface area contributed by atoms with Crippen molar-refractivity contribution in [3.63, 3.8) is 0 Å². The van der Waals surface area contributed by atoms with E-state index < -0.39 is 19.7 Å². The van der Waals surface area contributed by atoms with E-state index in [2.05, 4.69) is 0 Å². The van der Waals surface area contributed by atoms with Crippen molar-refractivity contribution in [2.24, 2.45) is 0 Å². The lowest BCUT2D eigenvalue weighted by atomic mass is 10.4. The van der Waals surface area contributed by atoms with Crippen molar-refractivity contribution in [3.8, 4) is 0 Å². The van der Waals surface area contributed by atoms with Gasteiger partial charge in [-0.25, -0.2) is 4.79 Å². The molecule has 5 nitrogen and oxygen atoms in total. The molecular formula is C11H21O5P. The fraction of sp³-hybridized carbons (Fsp3) is 0.727. The second-order valence-corrected chi connectivity index (χ2v) is 5.48. The van der Waals surface area contributed by atoms with E-state index in [1.807, 2.05) is 0 Å². The maximum absolute atomic E-state index is 12.1. The standard InChI is InChI=1S/C11H21O5P/c1-5-8-11(12)16-10(4)9-17(13,14-6-2)15-7-3/h5,8,10H,6-7,9H2,1-4H3. The number of esters is 1. The molecule has 0 aliphatic rings. The number of hydrogen-bond acceptors (Lipinski definition) is 5. The van der Waals surface area contributed by atoms with Gasteiger partial charge in [0.05, 0.1) is 19.4 Å². The molecule has 0 amide bonds. The highest BCUT2D eigenvalue weighted by Gasteiger charge is 2.27. The first-order chi connectivity index (χ1) is 7.97. The Balaban J connectivity index is 4.35. The molecule has 17 heavy (non-hydrogen) atoms. The Morgan fingerprint density at radius 3 is 2.24 bits per heavy atom. The molecule has 6 heteroatoms. The van der Waals surface area contributed by atoms with E-state index in [-0.39, 0.29) is 6.16 Å². The van der Waals surface area contributed by atoms with Gasteiger partial charge in [0.25, 0.3) is 0 Å². The van der Waals surface area contributed by atoms with Crippen molar-refractivity contribution in [2.45, 2.75) is 33.8 Å². The Labute approximate surface area is 103 Å². The van der Waals surface area contributed by atoms with Crippen molar-refractivity contribution < 1.29 is 23.1 Å². The fourth-order valence-electron chi connectivity index (χ4n) is 1.26. The first-order valence-corrected chi connectivity index (χ1v) is 7.41. The second-order valence-electron chi connectivity index (χ2n) is 3.38. The summed E-state index contributed by atoms with van der Waals surface area (Å²) >= 11 is 0. The summed E-state index contributed by atoms with van der Waals surface area (Å²) in [6, 6.07) is 0. The smallest absolute Gasteiger partial charge is 0.334 e. The van der Waals surface area contributed by atoms with Gasteiger partial charge in [0.2, 0.25) is 0 Å². The largest absolute Gasteiger partial charge is 0.459 e. The Kier molecular flexibility index (Phi) is 8.13. The molecule has 0 aliphatic carbocycles. The molecule has 0 N–H and O–H groups in total. The summed E-state index contributed by atoms with van der Waals surface area (Å²) < 4.78 is 27.3. The highest BCUT2D eigenvalue weighted by molar-refractivity contribution is 7.53. The number of ether oxygens (including phenoxy) is 1. The van der Waals surface area contributed by atoms with E-state index in [1.165, 1.54) is 6.08 Å². The summed E-state index contributed by atoms with van der Waals surface area (Å²) in [5, 5.41) is 0. The van der Waals surface area contributed by atoms with Crippen LogP contribution in [0.5, 0.6) is 0 Å². The summed E-state index contributed by atoms with van der Waals surface area (Å²) in [5.74, 6) is -0.459. The first kappa shape index (κ1) is 16.4. The van der Waals surface area contributed by atoms with E-state index >= 15 is 0 Å². The lowest BCUT2D eigenvalue weighted by molar-refractivity contribution is -0.141. The Hall–Kier alpha value is -0.640. The lowest BCUT2D eigenvalue weighted by Gasteiger charge is -2.20. The van der Waals surface area contributed by atoms with E-state index in [1.54, 1.807) is 33.8 Å². The second kappa shape index (κ2) is 8.45. The molecule has 0 spiro atoms. The molecular weight excluding hydrogens is 243 g/mol. The predicted molar refractivity (Wildman–Crippen MR) is 66.1 cm³/mol. The van der Waals surface area contributed by atoms with Crippen LogP contribution < -0.4 is 0 Å². The van der Waals surface area contributed by atoms with Crippen molar-refractivity contribution >= 4 is 13.6 Å². The maximum Gasteiger partial charge on any atom is 0.334 e. The molecule has 1 unspecified atom stereocenters. The van der Waals surface area contributed by atoms with E-state index in [9.17, 15) is 9.36 Å². The highest BCUT2D eigenvalue weighted by Crippen LogP contribution is 2.48. The van der Waals surface area contributed by atoms with Crippen LogP contribution >= 0.6 is 7.60 Å². The van der Waals surface area contributed by atoms with Gasteiger partial charge in [-0.3, -0.25) is 4.57 Å². The third-order valence-electron chi connectivity index (χ3n) is 1.75. The van der Waals surface area contributed by atoms with Gasteiger partial charge in [-0.1, -0.05) is 6.08 Å². The third kappa shape index (κ3) is 7.31. The lowest BCUT2D eigenvalue weighted by Crippen LogP contribution is -2.19. The van der Waals surface area contributed by atoms with Crippen molar-refractivity contribution in [1.82, 2.24) is 0 Å². The maximum atomic E-state index is 12.1. The van der Waals surface area contributed by atoms with Gasteiger partial charge in [0.1, 0.15) is 6.10 Å². The molecule has 0 heterocycles.